The third-order valence-electron chi connectivity index (χ3n) is 3.77. The van der Waals surface area contributed by atoms with E-state index in [1.165, 1.54) is 0 Å². The average Bonchev–Trinajstić information content (AvgIpc) is 3.08. The molecule has 0 amide bonds. The van der Waals surface area contributed by atoms with Crippen molar-refractivity contribution in [2.45, 2.75) is 31.3 Å². The molecule has 100 valence electrons. The molecule has 1 aliphatic carbocycles. The predicted molar refractivity (Wildman–Crippen MR) is 71.3 cm³/mol. The molecule has 1 aromatic heterocycles. The summed E-state index contributed by atoms with van der Waals surface area (Å²) in [5.74, 6) is 1.13. The molecule has 0 aliphatic heterocycles. The largest absolute Gasteiger partial charge is 0.399 e. The van der Waals surface area contributed by atoms with Crippen molar-refractivity contribution in [2.75, 3.05) is 12.8 Å². The molecule has 5 heteroatoms. The Balaban J connectivity index is 1.95. The van der Waals surface area contributed by atoms with E-state index in [-0.39, 0.29) is 5.60 Å². The second-order valence-electron chi connectivity index (χ2n) is 4.95. The van der Waals surface area contributed by atoms with Gasteiger partial charge in [-0.05, 0) is 43.9 Å². The number of anilines is 1. The van der Waals surface area contributed by atoms with Gasteiger partial charge in [-0.3, -0.25) is 0 Å². The van der Waals surface area contributed by atoms with Gasteiger partial charge in [-0.2, -0.15) is 4.98 Å². The van der Waals surface area contributed by atoms with Gasteiger partial charge in [-0.15, -0.1) is 0 Å². The van der Waals surface area contributed by atoms with Crippen molar-refractivity contribution in [3.63, 3.8) is 0 Å². The van der Waals surface area contributed by atoms with Gasteiger partial charge in [0.2, 0.25) is 5.82 Å². The third kappa shape index (κ3) is 2.10. The molecule has 0 saturated heterocycles. The molecule has 1 aromatic carbocycles. The van der Waals surface area contributed by atoms with E-state index < -0.39 is 0 Å². The smallest absolute Gasteiger partial charge is 0.258 e. The average molecular weight is 259 g/mol. The zero-order valence-electron chi connectivity index (χ0n) is 10.9. The third-order valence-corrected chi connectivity index (χ3v) is 3.77. The highest BCUT2D eigenvalue weighted by molar-refractivity contribution is 5.59. The normalized spacial score (nSPS) is 17.7. The van der Waals surface area contributed by atoms with Gasteiger partial charge in [0.1, 0.15) is 5.60 Å². The number of hydrogen-bond donors (Lipinski definition) is 1. The van der Waals surface area contributed by atoms with Crippen LogP contribution in [0.25, 0.3) is 11.5 Å². The lowest BCUT2D eigenvalue weighted by Crippen LogP contribution is -2.25. The number of rotatable bonds is 3. The molecule has 0 atom stereocenters. The van der Waals surface area contributed by atoms with Crippen LogP contribution in [0.1, 0.15) is 31.5 Å². The number of aromatic nitrogens is 2. The molecule has 0 unspecified atom stereocenters. The first-order valence-electron chi connectivity index (χ1n) is 6.49. The molecule has 3 rings (SSSR count). The highest BCUT2D eigenvalue weighted by Gasteiger charge is 2.40. The molecular weight excluding hydrogens is 242 g/mol. The molecule has 1 fully saturated rings. The van der Waals surface area contributed by atoms with Crippen LogP contribution >= 0.6 is 0 Å². The molecule has 1 saturated carbocycles. The summed E-state index contributed by atoms with van der Waals surface area (Å²) in [5, 5.41) is 4.10. The van der Waals surface area contributed by atoms with E-state index in [0.717, 1.165) is 31.2 Å². The van der Waals surface area contributed by atoms with E-state index in [9.17, 15) is 0 Å². The van der Waals surface area contributed by atoms with Crippen molar-refractivity contribution in [3.8, 4) is 11.5 Å². The quantitative estimate of drug-likeness (QED) is 0.858. The molecule has 1 heterocycles. The minimum absolute atomic E-state index is 0.373. The first kappa shape index (κ1) is 12.2. The summed E-state index contributed by atoms with van der Waals surface area (Å²) in [6.45, 7) is 0. The Hall–Kier alpha value is -1.88. The molecule has 19 heavy (non-hydrogen) atoms. The summed E-state index contributed by atoms with van der Waals surface area (Å²) in [7, 11) is 1.71. The fourth-order valence-corrected chi connectivity index (χ4v) is 2.66. The van der Waals surface area contributed by atoms with E-state index >= 15 is 0 Å². The summed E-state index contributed by atoms with van der Waals surface area (Å²) in [5.41, 5.74) is 6.91. The van der Waals surface area contributed by atoms with Crippen LogP contribution in [0.15, 0.2) is 28.8 Å². The van der Waals surface area contributed by atoms with Crippen molar-refractivity contribution in [2.24, 2.45) is 0 Å². The molecule has 0 radical (unpaired) electrons. The zero-order chi connectivity index (χ0) is 13.3. The van der Waals surface area contributed by atoms with Gasteiger partial charge in [0, 0.05) is 18.4 Å². The van der Waals surface area contributed by atoms with Crippen LogP contribution in [-0.4, -0.2) is 17.3 Å². The van der Waals surface area contributed by atoms with Crippen molar-refractivity contribution in [1.29, 1.82) is 0 Å². The minimum atomic E-state index is -0.373. The van der Waals surface area contributed by atoms with Crippen LogP contribution in [0.3, 0.4) is 0 Å². The Morgan fingerprint density at radius 2 is 2.11 bits per heavy atom. The maximum atomic E-state index is 5.76. The fraction of sp³-hybridized carbons (Fsp3) is 0.429. The minimum Gasteiger partial charge on any atom is -0.399 e. The second-order valence-corrected chi connectivity index (χ2v) is 4.95. The van der Waals surface area contributed by atoms with Crippen LogP contribution in [0.4, 0.5) is 5.69 Å². The van der Waals surface area contributed by atoms with E-state index in [1.807, 2.05) is 24.3 Å². The maximum absolute atomic E-state index is 5.76. The van der Waals surface area contributed by atoms with Crippen LogP contribution in [0, 0.1) is 0 Å². The summed E-state index contributed by atoms with van der Waals surface area (Å²) in [6, 6.07) is 7.43. The maximum Gasteiger partial charge on any atom is 0.258 e. The molecule has 0 spiro atoms. The van der Waals surface area contributed by atoms with Gasteiger partial charge in [0.15, 0.2) is 0 Å². The Morgan fingerprint density at radius 3 is 2.79 bits per heavy atom. The number of ether oxygens (including phenoxy) is 1. The van der Waals surface area contributed by atoms with E-state index in [1.54, 1.807) is 7.11 Å². The van der Waals surface area contributed by atoms with Gasteiger partial charge in [-0.25, -0.2) is 0 Å². The first-order valence-corrected chi connectivity index (χ1v) is 6.49. The number of nitrogens with two attached hydrogens (primary N) is 1. The monoisotopic (exact) mass is 259 g/mol. The number of methoxy groups -OCH3 is 1. The van der Waals surface area contributed by atoms with Gasteiger partial charge < -0.3 is 15.0 Å². The van der Waals surface area contributed by atoms with Crippen LogP contribution in [0.5, 0.6) is 0 Å². The Morgan fingerprint density at radius 1 is 1.32 bits per heavy atom. The van der Waals surface area contributed by atoms with Gasteiger partial charge in [-0.1, -0.05) is 11.2 Å². The van der Waals surface area contributed by atoms with E-state index in [0.29, 0.717) is 17.4 Å². The van der Waals surface area contributed by atoms with Crippen molar-refractivity contribution < 1.29 is 9.26 Å². The van der Waals surface area contributed by atoms with Crippen molar-refractivity contribution in [1.82, 2.24) is 10.1 Å². The molecule has 2 N–H and O–H groups in total. The van der Waals surface area contributed by atoms with Crippen molar-refractivity contribution >= 4 is 5.69 Å². The first-order chi connectivity index (χ1) is 9.23. The summed E-state index contributed by atoms with van der Waals surface area (Å²) in [4.78, 5) is 4.49. The molecule has 1 aliphatic rings. The van der Waals surface area contributed by atoms with E-state index in [2.05, 4.69) is 10.1 Å². The second kappa shape index (κ2) is 4.66. The van der Waals surface area contributed by atoms with E-state index in [4.69, 9.17) is 15.0 Å². The van der Waals surface area contributed by atoms with Gasteiger partial charge in [0.25, 0.3) is 5.89 Å². The highest BCUT2D eigenvalue weighted by Crippen LogP contribution is 2.40. The number of nitrogens with zero attached hydrogens (tertiary/aromatic N) is 2. The zero-order valence-corrected chi connectivity index (χ0v) is 10.9. The van der Waals surface area contributed by atoms with Gasteiger partial charge in [0.05, 0.1) is 0 Å². The van der Waals surface area contributed by atoms with Gasteiger partial charge >= 0.3 is 0 Å². The van der Waals surface area contributed by atoms with Crippen LogP contribution in [-0.2, 0) is 10.3 Å². The summed E-state index contributed by atoms with van der Waals surface area (Å²) < 4.78 is 11.0. The SMILES string of the molecule is COC1(c2noc(-c3cccc(N)c3)n2)CCCC1. The number of benzene rings is 1. The molecule has 2 aromatic rings. The Bertz CT molecular complexity index is 574. The molecular formula is C14H17N3O2. The standard InChI is InChI=1S/C14H17N3O2/c1-18-14(7-2-3-8-14)13-16-12(19-17-13)10-5-4-6-11(15)9-10/h4-6,9H,2-3,7-8,15H2,1H3. The lowest BCUT2D eigenvalue weighted by Gasteiger charge is -2.22. The molecule has 5 nitrogen and oxygen atoms in total. The predicted octanol–water partition coefficient (Wildman–Crippen LogP) is 2.73. The Kier molecular flexibility index (Phi) is 2.98. The summed E-state index contributed by atoms with van der Waals surface area (Å²) in [6.07, 6.45) is 4.16. The van der Waals surface area contributed by atoms with Crippen LogP contribution in [0.2, 0.25) is 0 Å². The molecule has 0 bridgehead atoms. The number of hydrogen-bond acceptors (Lipinski definition) is 5. The number of nitrogen functional groups attached to an aromatic ring is 1. The lowest BCUT2D eigenvalue weighted by atomic mass is 10.0. The summed E-state index contributed by atoms with van der Waals surface area (Å²) >= 11 is 0. The Labute approximate surface area is 111 Å². The lowest BCUT2D eigenvalue weighted by molar-refractivity contribution is -0.0178. The van der Waals surface area contributed by atoms with Crippen molar-refractivity contribution in [3.05, 3.63) is 30.1 Å². The highest BCUT2D eigenvalue weighted by atomic mass is 16.5. The van der Waals surface area contributed by atoms with Crippen LogP contribution < -0.4 is 5.73 Å². The topological polar surface area (TPSA) is 74.2 Å². The fourth-order valence-electron chi connectivity index (χ4n) is 2.66.